The Morgan fingerprint density at radius 2 is 2.20 bits per heavy atom. The van der Waals surface area contributed by atoms with Crippen molar-refractivity contribution in [3.8, 4) is 0 Å². The Morgan fingerprint density at radius 1 is 1.45 bits per heavy atom. The molecule has 0 aliphatic heterocycles. The first-order valence-electron chi connectivity index (χ1n) is 6.23. The second kappa shape index (κ2) is 5.66. The lowest BCUT2D eigenvalue weighted by Crippen LogP contribution is -2.27. The van der Waals surface area contributed by atoms with Gasteiger partial charge in [0, 0.05) is 0 Å². The maximum absolute atomic E-state index is 11.8. The highest BCUT2D eigenvalue weighted by molar-refractivity contribution is 7.99. The maximum Gasteiger partial charge on any atom is 0.413 e. The standard InChI is InChI=1S/C12H17N5O2S/c1-5-20-10-15-8-7(13-6-14-8)9(16-10)17-11(18)19-12(2,3)4/h6H,5H2,1-4H3,(H2,13,14,15,16,17,18). The Kier molecular flexibility index (Phi) is 4.12. The van der Waals surface area contributed by atoms with Gasteiger partial charge in [0.2, 0.25) is 0 Å². The third-order valence-corrected chi connectivity index (χ3v) is 2.88. The topological polar surface area (TPSA) is 92.8 Å². The van der Waals surface area contributed by atoms with Crippen molar-refractivity contribution in [3.63, 3.8) is 0 Å². The van der Waals surface area contributed by atoms with Gasteiger partial charge in [-0.05, 0) is 26.5 Å². The number of ether oxygens (including phenoxy) is 1. The zero-order valence-electron chi connectivity index (χ0n) is 11.9. The number of carbonyl (C=O) groups excluding carboxylic acids is 1. The highest BCUT2D eigenvalue weighted by Crippen LogP contribution is 2.22. The van der Waals surface area contributed by atoms with E-state index in [0.29, 0.717) is 22.1 Å². The third kappa shape index (κ3) is 3.60. The number of carbonyl (C=O) groups is 1. The summed E-state index contributed by atoms with van der Waals surface area (Å²) in [5.41, 5.74) is 0.529. The number of aromatic nitrogens is 4. The Morgan fingerprint density at radius 3 is 2.85 bits per heavy atom. The predicted molar refractivity (Wildman–Crippen MR) is 77.9 cm³/mol. The molecule has 0 spiro atoms. The quantitative estimate of drug-likeness (QED) is 0.668. The van der Waals surface area contributed by atoms with Gasteiger partial charge in [0.1, 0.15) is 5.60 Å². The van der Waals surface area contributed by atoms with Crippen LogP contribution in [0.5, 0.6) is 0 Å². The van der Waals surface area contributed by atoms with Crippen LogP contribution in [0.3, 0.4) is 0 Å². The summed E-state index contributed by atoms with van der Waals surface area (Å²) in [6.07, 6.45) is 0.952. The fraction of sp³-hybridized carbons (Fsp3) is 0.500. The van der Waals surface area contributed by atoms with E-state index in [1.807, 2.05) is 6.92 Å². The summed E-state index contributed by atoms with van der Waals surface area (Å²) in [4.78, 5) is 27.4. The Bertz CT molecular complexity index is 620. The van der Waals surface area contributed by atoms with Crippen molar-refractivity contribution in [1.29, 1.82) is 0 Å². The van der Waals surface area contributed by atoms with Crippen LogP contribution in [-0.2, 0) is 4.74 Å². The lowest BCUT2D eigenvalue weighted by Gasteiger charge is -2.19. The average Bonchev–Trinajstić information content (AvgIpc) is 2.74. The van der Waals surface area contributed by atoms with Crippen molar-refractivity contribution in [2.45, 2.75) is 38.5 Å². The molecule has 2 rings (SSSR count). The summed E-state index contributed by atoms with van der Waals surface area (Å²) in [6, 6.07) is 0. The number of fused-ring (bicyclic) bond motifs is 1. The van der Waals surface area contributed by atoms with Crippen LogP contribution in [0.4, 0.5) is 10.6 Å². The fourth-order valence-corrected chi connectivity index (χ4v) is 2.07. The van der Waals surface area contributed by atoms with E-state index in [2.05, 4.69) is 25.3 Å². The molecule has 8 heteroatoms. The molecular weight excluding hydrogens is 278 g/mol. The number of hydrogen-bond donors (Lipinski definition) is 2. The summed E-state index contributed by atoms with van der Waals surface area (Å²) < 4.78 is 5.21. The summed E-state index contributed by atoms with van der Waals surface area (Å²) >= 11 is 1.49. The number of H-pyrrole nitrogens is 1. The Labute approximate surface area is 120 Å². The smallest absolute Gasteiger partial charge is 0.413 e. The largest absolute Gasteiger partial charge is 0.444 e. The van der Waals surface area contributed by atoms with Crippen LogP contribution in [-0.4, -0.2) is 37.4 Å². The number of nitrogens with zero attached hydrogens (tertiary/aromatic N) is 3. The van der Waals surface area contributed by atoms with Crippen molar-refractivity contribution < 1.29 is 9.53 Å². The first-order valence-corrected chi connectivity index (χ1v) is 7.21. The highest BCUT2D eigenvalue weighted by atomic mass is 32.2. The molecule has 2 aromatic heterocycles. The minimum absolute atomic E-state index is 0.349. The molecule has 0 radical (unpaired) electrons. The fourth-order valence-electron chi connectivity index (χ4n) is 1.50. The summed E-state index contributed by atoms with van der Waals surface area (Å²) in [6.45, 7) is 7.41. The van der Waals surface area contributed by atoms with Crippen molar-refractivity contribution in [2.24, 2.45) is 0 Å². The number of aromatic amines is 1. The van der Waals surface area contributed by atoms with Crippen LogP contribution in [0.2, 0.25) is 0 Å². The van der Waals surface area contributed by atoms with E-state index in [1.165, 1.54) is 18.1 Å². The molecule has 0 aliphatic rings. The normalized spacial score (nSPS) is 11.6. The lowest BCUT2D eigenvalue weighted by molar-refractivity contribution is 0.0635. The van der Waals surface area contributed by atoms with E-state index in [-0.39, 0.29) is 0 Å². The number of rotatable bonds is 3. The Balaban J connectivity index is 2.28. The van der Waals surface area contributed by atoms with Gasteiger partial charge in [-0.25, -0.2) is 19.7 Å². The lowest BCUT2D eigenvalue weighted by atomic mass is 10.2. The van der Waals surface area contributed by atoms with E-state index >= 15 is 0 Å². The molecule has 20 heavy (non-hydrogen) atoms. The molecule has 2 aromatic rings. The van der Waals surface area contributed by atoms with Crippen molar-refractivity contribution in [3.05, 3.63) is 6.33 Å². The molecule has 0 unspecified atom stereocenters. The second-order valence-electron chi connectivity index (χ2n) is 5.01. The number of imidazole rings is 1. The minimum Gasteiger partial charge on any atom is -0.444 e. The molecule has 0 saturated carbocycles. The molecular formula is C12H17N5O2S. The van der Waals surface area contributed by atoms with Gasteiger partial charge in [-0.3, -0.25) is 5.32 Å². The molecule has 1 amide bonds. The maximum atomic E-state index is 11.8. The molecule has 0 aliphatic carbocycles. The minimum atomic E-state index is -0.567. The van der Waals surface area contributed by atoms with E-state index in [9.17, 15) is 4.79 Å². The monoisotopic (exact) mass is 295 g/mol. The van der Waals surface area contributed by atoms with Crippen LogP contribution in [0.1, 0.15) is 27.7 Å². The van der Waals surface area contributed by atoms with Gasteiger partial charge in [0.05, 0.1) is 6.33 Å². The molecule has 0 fully saturated rings. The van der Waals surface area contributed by atoms with Gasteiger partial charge in [-0.1, -0.05) is 18.7 Å². The average molecular weight is 295 g/mol. The summed E-state index contributed by atoms with van der Waals surface area (Å²) in [5, 5.41) is 3.20. The van der Waals surface area contributed by atoms with Crippen LogP contribution in [0.15, 0.2) is 11.5 Å². The molecule has 7 nitrogen and oxygen atoms in total. The summed E-state index contributed by atoms with van der Waals surface area (Å²) in [5.74, 6) is 1.19. The van der Waals surface area contributed by atoms with E-state index in [4.69, 9.17) is 4.74 Å². The van der Waals surface area contributed by atoms with E-state index in [1.54, 1.807) is 20.8 Å². The zero-order valence-corrected chi connectivity index (χ0v) is 12.7. The molecule has 108 valence electrons. The van der Waals surface area contributed by atoms with Gasteiger partial charge >= 0.3 is 6.09 Å². The molecule has 0 saturated heterocycles. The number of nitrogens with one attached hydrogen (secondary N) is 2. The highest BCUT2D eigenvalue weighted by Gasteiger charge is 2.19. The first kappa shape index (κ1) is 14.6. The number of hydrogen-bond acceptors (Lipinski definition) is 6. The van der Waals surface area contributed by atoms with Crippen LogP contribution >= 0.6 is 11.8 Å². The van der Waals surface area contributed by atoms with Gasteiger partial charge < -0.3 is 9.72 Å². The van der Waals surface area contributed by atoms with Gasteiger partial charge in [-0.15, -0.1) is 0 Å². The van der Waals surface area contributed by atoms with Crippen molar-refractivity contribution >= 4 is 34.8 Å². The second-order valence-corrected chi connectivity index (χ2v) is 6.25. The van der Waals surface area contributed by atoms with Gasteiger partial charge in [0.25, 0.3) is 0 Å². The molecule has 0 bridgehead atoms. The number of amides is 1. The SMILES string of the molecule is CCSc1nc(NC(=O)OC(C)(C)C)c2nc[nH]c2n1. The number of thioether (sulfide) groups is 1. The predicted octanol–water partition coefficient (Wildman–Crippen LogP) is 2.81. The number of anilines is 1. The third-order valence-electron chi connectivity index (χ3n) is 2.15. The van der Waals surface area contributed by atoms with Crippen LogP contribution in [0.25, 0.3) is 11.2 Å². The zero-order chi connectivity index (χ0) is 14.8. The van der Waals surface area contributed by atoms with Crippen LogP contribution < -0.4 is 5.32 Å². The Hall–Kier alpha value is -1.83. The van der Waals surface area contributed by atoms with Crippen molar-refractivity contribution in [1.82, 2.24) is 19.9 Å². The van der Waals surface area contributed by atoms with E-state index in [0.717, 1.165) is 5.75 Å². The summed E-state index contributed by atoms with van der Waals surface area (Å²) in [7, 11) is 0. The van der Waals surface area contributed by atoms with Crippen LogP contribution in [0, 0.1) is 0 Å². The van der Waals surface area contributed by atoms with E-state index < -0.39 is 11.7 Å². The van der Waals surface area contributed by atoms with Crippen molar-refractivity contribution in [2.75, 3.05) is 11.1 Å². The molecule has 2 N–H and O–H groups in total. The molecule has 2 heterocycles. The van der Waals surface area contributed by atoms with Gasteiger partial charge in [-0.2, -0.15) is 0 Å². The molecule has 0 atom stereocenters. The molecule has 0 aromatic carbocycles. The first-order chi connectivity index (χ1) is 9.39. The van der Waals surface area contributed by atoms with Gasteiger partial charge in [0.15, 0.2) is 22.1 Å².